The van der Waals surface area contributed by atoms with Gasteiger partial charge in [-0.3, -0.25) is 0 Å². The van der Waals surface area contributed by atoms with Crippen molar-refractivity contribution in [2.24, 2.45) is 21.0 Å². The Morgan fingerprint density at radius 2 is 1.25 bits per heavy atom. The average Bonchev–Trinajstić information content (AvgIpc) is 2.10. The molecule has 10 heteroatoms. The molecule has 0 radical (unpaired) electrons. The van der Waals surface area contributed by atoms with Crippen molar-refractivity contribution >= 4 is 27.9 Å². The molecule has 0 aliphatic rings. The predicted molar refractivity (Wildman–Crippen MR) is 56.8 cm³/mol. The van der Waals surface area contributed by atoms with E-state index < -0.39 is 27.9 Å². The Labute approximate surface area is 94.1 Å². The number of urea groups is 2. The van der Waals surface area contributed by atoms with Gasteiger partial charge < -0.3 is 21.3 Å². The van der Waals surface area contributed by atoms with E-state index >= 15 is 0 Å². The van der Waals surface area contributed by atoms with Gasteiger partial charge in [0, 0.05) is 0 Å². The van der Waals surface area contributed by atoms with Gasteiger partial charge in [-0.25, -0.2) is 9.59 Å². The fraction of sp³-hybridized carbons (Fsp3) is 0.667. The molecule has 0 aromatic carbocycles. The zero-order valence-corrected chi connectivity index (χ0v) is 10.2. The Morgan fingerprint density at radius 1 is 0.938 bits per heavy atom. The highest BCUT2D eigenvalue weighted by Gasteiger charge is 2.05. The molecule has 8 nitrogen and oxygen atoms in total. The maximum atomic E-state index is 11.0. The van der Waals surface area contributed by atoms with E-state index in [1.54, 1.807) is 0 Å². The van der Waals surface area contributed by atoms with Crippen LogP contribution in [-0.4, -0.2) is 24.4 Å². The van der Waals surface area contributed by atoms with E-state index in [0.717, 1.165) is 0 Å². The number of hydrogen-bond acceptors (Lipinski definition) is 4. The van der Waals surface area contributed by atoms with Crippen molar-refractivity contribution in [3.05, 3.63) is 0 Å². The standard InChI is InChI=1S/C6H12N4O4P2/c7-5(11)9-15(13)3-1-2-4-16(14)10-6(8)12/h1-4H2,(H2,7,11)(H2,8,12). The number of hydrogen-bond donors (Lipinski definition) is 2. The lowest BCUT2D eigenvalue weighted by Gasteiger charge is -1.95. The Kier molecular flexibility index (Phi) is 7.76. The largest absolute Gasteiger partial charge is 0.612 e. The van der Waals surface area contributed by atoms with Gasteiger partial charge in [0.2, 0.25) is 0 Å². The molecular formula is C6H12N4O4P2. The van der Waals surface area contributed by atoms with Crippen LogP contribution in [0.2, 0.25) is 0 Å². The lowest BCUT2D eigenvalue weighted by atomic mass is 10.4. The topological polar surface area (TPSA) is 157 Å². The highest BCUT2D eigenvalue weighted by atomic mass is 31.1. The second-order valence-corrected chi connectivity index (χ2v) is 5.44. The van der Waals surface area contributed by atoms with Crippen LogP contribution < -0.4 is 21.3 Å². The molecule has 16 heavy (non-hydrogen) atoms. The van der Waals surface area contributed by atoms with Crippen molar-refractivity contribution in [2.75, 3.05) is 12.3 Å². The van der Waals surface area contributed by atoms with Crippen LogP contribution in [0, 0.1) is 0 Å². The molecule has 0 rings (SSSR count). The predicted octanol–water partition coefficient (Wildman–Crippen LogP) is -0.194. The summed E-state index contributed by atoms with van der Waals surface area (Å²) in [7, 11) is -3.97. The number of rotatable bonds is 5. The molecule has 2 unspecified atom stereocenters. The minimum atomic E-state index is -1.98. The van der Waals surface area contributed by atoms with Gasteiger partial charge in [0.25, 0.3) is 0 Å². The number of nitrogens with zero attached hydrogens (tertiary/aromatic N) is 2. The molecule has 0 aromatic rings. The molecule has 2 atom stereocenters. The van der Waals surface area contributed by atoms with Gasteiger partial charge in [0.15, 0.2) is 15.9 Å². The van der Waals surface area contributed by atoms with Crippen molar-refractivity contribution < 1.29 is 19.4 Å². The van der Waals surface area contributed by atoms with Crippen molar-refractivity contribution in [1.82, 2.24) is 0 Å². The highest BCUT2D eigenvalue weighted by molar-refractivity contribution is 7.40. The first-order valence-corrected chi connectivity index (χ1v) is 7.13. The van der Waals surface area contributed by atoms with E-state index in [1.165, 1.54) is 0 Å². The first-order chi connectivity index (χ1) is 7.41. The molecule has 0 saturated carbocycles. The van der Waals surface area contributed by atoms with Crippen LogP contribution >= 0.6 is 15.9 Å². The molecule has 0 spiro atoms. The van der Waals surface area contributed by atoms with Crippen LogP contribution in [0.25, 0.3) is 0 Å². The summed E-state index contributed by atoms with van der Waals surface area (Å²) >= 11 is 0. The fourth-order valence-electron chi connectivity index (χ4n) is 0.814. The van der Waals surface area contributed by atoms with Gasteiger partial charge in [-0.05, 0) is 22.3 Å². The quantitative estimate of drug-likeness (QED) is 0.521. The maximum absolute atomic E-state index is 11.0. The average molecular weight is 266 g/mol. The zero-order valence-electron chi connectivity index (χ0n) is 8.40. The monoisotopic (exact) mass is 266 g/mol. The lowest BCUT2D eigenvalue weighted by molar-refractivity contribution is -0.156. The number of primary amides is 2. The van der Waals surface area contributed by atoms with Crippen LogP contribution in [0.5, 0.6) is 0 Å². The van der Waals surface area contributed by atoms with Gasteiger partial charge in [-0.2, -0.15) is 0 Å². The number of unbranched alkanes of at least 4 members (excludes halogenated alkanes) is 1. The molecule has 0 fully saturated rings. The third kappa shape index (κ3) is 9.61. The van der Waals surface area contributed by atoms with Crippen LogP contribution in [0.1, 0.15) is 12.8 Å². The van der Waals surface area contributed by atoms with Crippen molar-refractivity contribution in [2.45, 2.75) is 12.8 Å². The normalized spacial score (nSPS) is 12.6. The van der Waals surface area contributed by atoms with E-state index in [4.69, 9.17) is 11.5 Å². The van der Waals surface area contributed by atoms with Crippen LogP contribution in [-0.2, 0) is 0 Å². The Morgan fingerprint density at radius 3 is 1.50 bits per heavy atom. The van der Waals surface area contributed by atoms with E-state index in [0.29, 0.717) is 12.8 Å². The van der Waals surface area contributed by atoms with Gasteiger partial charge in [-0.1, -0.05) is 0 Å². The molecule has 4 N–H and O–H groups in total. The Balaban J connectivity index is 3.77. The summed E-state index contributed by atoms with van der Waals surface area (Å²) in [5.74, 6) is 0. The summed E-state index contributed by atoms with van der Waals surface area (Å²) < 4.78 is 6.24. The van der Waals surface area contributed by atoms with E-state index in [-0.39, 0.29) is 12.3 Å². The van der Waals surface area contributed by atoms with Crippen LogP contribution in [0.15, 0.2) is 9.49 Å². The summed E-state index contributed by atoms with van der Waals surface area (Å²) in [5, 5.41) is 0. The molecular weight excluding hydrogens is 254 g/mol. The lowest BCUT2D eigenvalue weighted by Crippen LogP contribution is -2.06. The van der Waals surface area contributed by atoms with Gasteiger partial charge in [0.05, 0.1) is 0 Å². The first-order valence-electron chi connectivity index (χ1n) is 4.33. The second kappa shape index (κ2) is 8.24. The molecule has 0 bridgehead atoms. The molecule has 90 valence electrons. The number of carbonyl (C=O) groups excluding carboxylic acids is 2. The summed E-state index contributed by atoms with van der Waals surface area (Å²) in [6, 6.07) is -1.92. The maximum Gasteiger partial charge on any atom is 0.376 e. The molecule has 0 aromatic heterocycles. The van der Waals surface area contributed by atoms with Crippen LogP contribution in [0.3, 0.4) is 0 Å². The smallest absolute Gasteiger partial charge is 0.376 e. The van der Waals surface area contributed by atoms with Gasteiger partial charge >= 0.3 is 12.1 Å². The summed E-state index contributed by atoms with van der Waals surface area (Å²) in [5.41, 5.74) is 9.40. The Bertz CT molecular complexity index is 298. The number of amides is 4. The molecule has 0 heterocycles. The highest BCUT2D eigenvalue weighted by Crippen LogP contribution is 2.20. The third-order valence-corrected chi connectivity index (χ3v) is 3.61. The first kappa shape index (κ1) is 15.1. The SMILES string of the molecule is NC(=O)N=[P+]([O-])CCCC[P+]([O-])=NC(N)=O. The minimum absolute atomic E-state index is 0.192. The molecule has 0 saturated heterocycles. The summed E-state index contributed by atoms with van der Waals surface area (Å²) in [4.78, 5) is 42.4. The van der Waals surface area contributed by atoms with E-state index in [1.807, 2.05) is 0 Å². The second-order valence-electron chi connectivity index (χ2n) is 2.74. The summed E-state index contributed by atoms with van der Waals surface area (Å²) in [6.45, 7) is 0. The fourth-order valence-corrected chi connectivity index (χ4v) is 2.44. The van der Waals surface area contributed by atoms with E-state index in [9.17, 15) is 19.4 Å². The molecule has 4 amide bonds. The number of carbonyl (C=O) groups is 2. The van der Waals surface area contributed by atoms with Crippen LogP contribution in [0.4, 0.5) is 9.59 Å². The zero-order chi connectivity index (χ0) is 12.6. The minimum Gasteiger partial charge on any atom is -0.612 e. The van der Waals surface area contributed by atoms with Crippen molar-refractivity contribution in [3.63, 3.8) is 0 Å². The van der Waals surface area contributed by atoms with Crippen molar-refractivity contribution in [1.29, 1.82) is 0 Å². The molecule has 0 aliphatic carbocycles. The molecule has 0 aliphatic heterocycles. The van der Waals surface area contributed by atoms with Crippen molar-refractivity contribution in [3.8, 4) is 0 Å². The summed E-state index contributed by atoms with van der Waals surface area (Å²) in [6.07, 6.45) is 1.30. The van der Waals surface area contributed by atoms with Gasteiger partial charge in [-0.15, -0.1) is 0 Å². The van der Waals surface area contributed by atoms with E-state index in [2.05, 4.69) is 9.49 Å². The number of nitrogens with two attached hydrogens (primary N) is 2. The van der Waals surface area contributed by atoms with Gasteiger partial charge in [0.1, 0.15) is 12.3 Å². The third-order valence-electron chi connectivity index (χ3n) is 1.37. The Hall–Kier alpha value is -0.940.